The zero-order chi connectivity index (χ0) is 13.2. The Morgan fingerprint density at radius 1 is 1.37 bits per heavy atom. The Bertz CT molecular complexity index is 602. The van der Waals surface area contributed by atoms with Crippen molar-refractivity contribution in [1.29, 1.82) is 0 Å². The van der Waals surface area contributed by atoms with Gasteiger partial charge in [-0.3, -0.25) is 4.40 Å². The molecule has 6 heteroatoms. The van der Waals surface area contributed by atoms with Crippen molar-refractivity contribution in [1.82, 2.24) is 19.9 Å². The number of fused-ring (bicyclic) bond motifs is 1. The summed E-state index contributed by atoms with van der Waals surface area (Å²) in [5.41, 5.74) is 0.966. The van der Waals surface area contributed by atoms with E-state index in [-0.39, 0.29) is 5.56 Å². The molecule has 6 nitrogen and oxygen atoms in total. The summed E-state index contributed by atoms with van der Waals surface area (Å²) in [4.78, 5) is 11.0. The lowest BCUT2D eigenvalue weighted by Crippen LogP contribution is -2.29. The number of carboxylic acid groups (broad SMARTS) is 1. The first-order chi connectivity index (χ1) is 9.24. The predicted molar refractivity (Wildman–Crippen MR) is 69.2 cm³/mol. The van der Waals surface area contributed by atoms with E-state index < -0.39 is 5.97 Å². The van der Waals surface area contributed by atoms with Crippen molar-refractivity contribution in [2.75, 3.05) is 13.1 Å². The van der Waals surface area contributed by atoms with E-state index in [1.54, 1.807) is 22.7 Å². The maximum atomic E-state index is 11.0. The minimum Gasteiger partial charge on any atom is -0.478 e. The van der Waals surface area contributed by atoms with E-state index in [1.165, 1.54) is 0 Å². The number of hydrogen-bond acceptors (Lipinski definition) is 4. The van der Waals surface area contributed by atoms with Crippen LogP contribution in [0.5, 0.6) is 0 Å². The maximum Gasteiger partial charge on any atom is 0.337 e. The molecule has 1 aliphatic heterocycles. The number of nitrogens with one attached hydrogen (secondary N) is 1. The SMILES string of the molecule is O=C(O)c1ccc2nnc(CC3CCNCC3)n2c1. The summed E-state index contributed by atoms with van der Waals surface area (Å²) >= 11 is 0. The minimum absolute atomic E-state index is 0.263. The average Bonchev–Trinajstić information content (AvgIpc) is 2.82. The number of carbonyl (C=O) groups is 1. The Morgan fingerprint density at radius 2 is 2.16 bits per heavy atom. The lowest BCUT2D eigenvalue weighted by molar-refractivity contribution is 0.0696. The largest absolute Gasteiger partial charge is 0.478 e. The van der Waals surface area contributed by atoms with Gasteiger partial charge in [0.1, 0.15) is 5.82 Å². The van der Waals surface area contributed by atoms with Crippen LogP contribution >= 0.6 is 0 Å². The highest BCUT2D eigenvalue weighted by atomic mass is 16.4. The molecule has 3 rings (SSSR count). The molecular weight excluding hydrogens is 244 g/mol. The van der Waals surface area contributed by atoms with Gasteiger partial charge in [-0.2, -0.15) is 0 Å². The zero-order valence-electron chi connectivity index (χ0n) is 10.5. The molecule has 2 N–H and O–H groups in total. The summed E-state index contributed by atoms with van der Waals surface area (Å²) in [5.74, 6) is 0.524. The van der Waals surface area contributed by atoms with E-state index in [9.17, 15) is 4.79 Å². The molecule has 0 aliphatic carbocycles. The maximum absolute atomic E-state index is 11.0. The Morgan fingerprint density at radius 3 is 2.89 bits per heavy atom. The number of carboxylic acids is 1. The Balaban J connectivity index is 1.89. The minimum atomic E-state index is -0.927. The molecule has 0 spiro atoms. The number of piperidine rings is 1. The summed E-state index contributed by atoms with van der Waals surface area (Å²) in [6, 6.07) is 3.25. The molecule has 1 aliphatic rings. The standard InChI is InChI=1S/C13H16N4O2/c18-13(19)10-1-2-11-15-16-12(17(11)8-10)7-9-3-5-14-6-4-9/h1-2,8-9,14H,3-7H2,(H,18,19). The van der Waals surface area contributed by atoms with Gasteiger partial charge in [-0.25, -0.2) is 4.79 Å². The fourth-order valence-corrected chi connectivity index (χ4v) is 2.55. The Kier molecular flexibility index (Phi) is 3.16. The first-order valence-electron chi connectivity index (χ1n) is 6.52. The quantitative estimate of drug-likeness (QED) is 0.859. The first-order valence-corrected chi connectivity index (χ1v) is 6.52. The summed E-state index contributed by atoms with van der Waals surface area (Å²) in [6.07, 6.45) is 4.72. The van der Waals surface area contributed by atoms with Gasteiger partial charge in [-0.15, -0.1) is 10.2 Å². The molecule has 3 heterocycles. The molecule has 100 valence electrons. The molecule has 0 radical (unpaired) electrons. The molecule has 0 aromatic carbocycles. The van der Waals surface area contributed by atoms with Gasteiger partial charge >= 0.3 is 5.97 Å². The van der Waals surface area contributed by atoms with Gasteiger partial charge in [0.25, 0.3) is 0 Å². The van der Waals surface area contributed by atoms with Crippen molar-refractivity contribution >= 4 is 11.6 Å². The van der Waals surface area contributed by atoms with Gasteiger partial charge in [0.15, 0.2) is 5.65 Å². The van der Waals surface area contributed by atoms with E-state index in [4.69, 9.17) is 5.11 Å². The lowest BCUT2D eigenvalue weighted by atomic mass is 9.94. The number of hydrogen-bond donors (Lipinski definition) is 2. The topological polar surface area (TPSA) is 79.5 Å². The number of nitrogens with zero attached hydrogens (tertiary/aromatic N) is 3. The molecule has 2 aromatic rings. The van der Waals surface area contributed by atoms with E-state index in [1.807, 2.05) is 0 Å². The van der Waals surface area contributed by atoms with Crippen LogP contribution in [-0.4, -0.2) is 38.8 Å². The van der Waals surface area contributed by atoms with Crippen LogP contribution in [0.3, 0.4) is 0 Å². The number of aromatic nitrogens is 3. The zero-order valence-corrected chi connectivity index (χ0v) is 10.5. The molecule has 1 fully saturated rings. The molecule has 0 bridgehead atoms. The van der Waals surface area contributed by atoms with Crippen LogP contribution in [0, 0.1) is 5.92 Å². The van der Waals surface area contributed by atoms with Gasteiger partial charge < -0.3 is 10.4 Å². The van der Waals surface area contributed by atoms with Gasteiger partial charge in [0.05, 0.1) is 5.56 Å². The summed E-state index contributed by atoms with van der Waals surface area (Å²) in [5, 5.41) is 20.6. The van der Waals surface area contributed by atoms with E-state index in [0.29, 0.717) is 11.6 Å². The van der Waals surface area contributed by atoms with Crippen molar-refractivity contribution in [2.45, 2.75) is 19.3 Å². The highest BCUT2D eigenvalue weighted by Crippen LogP contribution is 2.18. The van der Waals surface area contributed by atoms with Gasteiger partial charge in [-0.1, -0.05) is 0 Å². The van der Waals surface area contributed by atoms with Gasteiger partial charge in [0.2, 0.25) is 0 Å². The fraction of sp³-hybridized carbons (Fsp3) is 0.462. The van der Waals surface area contributed by atoms with Crippen LogP contribution in [0.4, 0.5) is 0 Å². The summed E-state index contributed by atoms with van der Waals surface area (Å²) in [7, 11) is 0. The van der Waals surface area contributed by atoms with Gasteiger partial charge in [-0.05, 0) is 44.0 Å². The highest BCUT2D eigenvalue weighted by Gasteiger charge is 2.17. The Labute approximate surface area is 110 Å². The number of aromatic carboxylic acids is 1. The fourth-order valence-electron chi connectivity index (χ4n) is 2.55. The molecule has 19 heavy (non-hydrogen) atoms. The van der Waals surface area contributed by atoms with E-state index in [2.05, 4.69) is 15.5 Å². The smallest absolute Gasteiger partial charge is 0.337 e. The third-order valence-corrected chi connectivity index (χ3v) is 3.65. The normalized spacial score (nSPS) is 16.8. The van der Waals surface area contributed by atoms with Crippen LogP contribution in [0.15, 0.2) is 18.3 Å². The monoisotopic (exact) mass is 260 g/mol. The second-order valence-electron chi connectivity index (χ2n) is 4.96. The molecule has 0 saturated carbocycles. The third kappa shape index (κ3) is 2.44. The second-order valence-corrected chi connectivity index (χ2v) is 4.96. The van der Waals surface area contributed by atoms with Crippen molar-refractivity contribution in [2.24, 2.45) is 5.92 Å². The van der Waals surface area contributed by atoms with Crippen molar-refractivity contribution in [3.8, 4) is 0 Å². The first kappa shape index (κ1) is 12.1. The predicted octanol–water partition coefficient (Wildman–Crippen LogP) is 0.970. The molecule has 0 atom stereocenters. The van der Waals surface area contributed by atoms with E-state index >= 15 is 0 Å². The van der Waals surface area contributed by atoms with Crippen molar-refractivity contribution in [3.05, 3.63) is 29.7 Å². The van der Waals surface area contributed by atoms with Crippen LogP contribution in [-0.2, 0) is 6.42 Å². The summed E-state index contributed by atoms with van der Waals surface area (Å²) < 4.78 is 1.80. The van der Waals surface area contributed by atoms with Crippen LogP contribution in [0.1, 0.15) is 29.0 Å². The highest BCUT2D eigenvalue weighted by molar-refractivity contribution is 5.87. The molecule has 0 amide bonds. The third-order valence-electron chi connectivity index (χ3n) is 3.65. The number of rotatable bonds is 3. The van der Waals surface area contributed by atoms with Crippen LogP contribution in [0.2, 0.25) is 0 Å². The molecule has 1 saturated heterocycles. The molecule has 2 aromatic heterocycles. The average molecular weight is 260 g/mol. The Hall–Kier alpha value is -1.95. The number of pyridine rings is 1. The van der Waals surface area contributed by atoms with E-state index in [0.717, 1.165) is 38.2 Å². The molecular formula is C13H16N4O2. The van der Waals surface area contributed by atoms with Crippen molar-refractivity contribution in [3.63, 3.8) is 0 Å². The molecule has 0 unspecified atom stereocenters. The van der Waals surface area contributed by atoms with Gasteiger partial charge in [0, 0.05) is 12.6 Å². The second kappa shape index (κ2) is 4.97. The van der Waals surface area contributed by atoms with Crippen LogP contribution in [0.25, 0.3) is 5.65 Å². The lowest BCUT2D eigenvalue weighted by Gasteiger charge is -2.21. The summed E-state index contributed by atoms with van der Waals surface area (Å²) in [6.45, 7) is 2.09. The van der Waals surface area contributed by atoms with Crippen molar-refractivity contribution < 1.29 is 9.90 Å². The van der Waals surface area contributed by atoms with Crippen LogP contribution < -0.4 is 5.32 Å².